The van der Waals surface area contributed by atoms with Gasteiger partial charge in [-0.15, -0.1) is 0 Å². The van der Waals surface area contributed by atoms with Gasteiger partial charge in [0.25, 0.3) is 0 Å². The highest BCUT2D eigenvalue weighted by atomic mass is 16.7. The van der Waals surface area contributed by atoms with Gasteiger partial charge in [0.2, 0.25) is 5.91 Å². The van der Waals surface area contributed by atoms with Crippen LogP contribution in [0.3, 0.4) is 0 Å². The molecule has 1 aromatic carbocycles. The smallest absolute Gasteiger partial charge is 0.224 e. The number of piperidine rings is 1. The normalized spacial score (nSPS) is 25.3. The monoisotopic (exact) mass is 330 g/mol. The minimum absolute atomic E-state index is 0.249. The number of hydrogen-bond acceptors (Lipinski definition) is 4. The summed E-state index contributed by atoms with van der Waals surface area (Å²) in [6.07, 6.45) is 3.24. The first-order chi connectivity index (χ1) is 11.7. The standard InChI is InChI=1S/C19H26N2O3/c1-15-14-16-4-2-3-5-17(16)21(15)9-6-18(22)20-10-7-19(8-11-20)23-12-13-24-19/h2-5,15H,6-14H2,1H3. The number of likely N-dealkylation sites (tertiary alicyclic amines) is 1. The highest BCUT2D eigenvalue weighted by Crippen LogP contribution is 2.33. The Hall–Kier alpha value is -1.59. The Labute approximate surface area is 143 Å². The van der Waals surface area contributed by atoms with Crippen molar-refractivity contribution >= 4 is 11.6 Å². The molecule has 4 rings (SSSR count). The number of ether oxygens (including phenoxy) is 2. The fourth-order valence-corrected chi connectivity index (χ4v) is 4.23. The van der Waals surface area contributed by atoms with Crippen molar-refractivity contribution < 1.29 is 14.3 Å². The fraction of sp³-hybridized carbons (Fsp3) is 0.632. The van der Waals surface area contributed by atoms with Crippen LogP contribution in [0, 0.1) is 0 Å². The third-order valence-corrected chi connectivity index (χ3v) is 5.61. The highest BCUT2D eigenvalue weighted by molar-refractivity contribution is 5.77. The van der Waals surface area contributed by atoms with Crippen molar-refractivity contribution in [3.8, 4) is 0 Å². The van der Waals surface area contributed by atoms with Crippen LogP contribution in [0.15, 0.2) is 24.3 Å². The molecule has 1 spiro atoms. The molecular formula is C19H26N2O3. The first-order valence-corrected chi connectivity index (χ1v) is 9.07. The van der Waals surface area contributed by atoms with Gasteiger partial charge in [-0.2, -0.15) is 0 Å². The summed E-state index contributed by atoms with van der Waals surface area (Å²) < 4.78 is 11.5. The minimum Gasteiger partial charge on any atom is -0.368 e. The Balaban J connectivity index is 1.31. The van der Waals surface area contributed by atoms with E-state index in [-0.39, 0.29) is 5.91 Å². The summed E-state index contributed by atoms with van der Waals surface area (Å²) in [5, 5.41) is 0. The van der Waals surface area contributed by atoms with Gasteiger partial charge in [-0.3, -0.25) is 4.79 Å². The quantitative estimate of drug-likeness (QED) is 0.852. The molecule has 2 fully saturated rings. The van der Waals surface area contributed by atoms with Gasteiger partial charge in [-0.05, 0) is 25.0 Å². The van der Waals surface area contributed by atoms with Gasteiger partial charge in [0.15, 0.2) is 5.79 Å². The number of amides is 1. The van der Waals surface area contributed by atoms with Crippen molar-refractivity contribution in [2.45, 2.75) is 44.4 Å². The zero-order chi connectivity index (χ0) is 16.6. The molecule has 1 atom stereocenters. The largest absolute Gasteiger partial charge is 0.368 e. The number of para-hydroxylation sites is 1. The van der Waals surface area contributed by atoms with Crippen molar-refractivity contribution in [2.24, 2.45) is 0 Å². The molecule has 1 unspecified atom stereocenters. The zero-order valence-corrected chi connectivity index (χ0v) is 14.4. The number of nitrogens with zero attached hydrogens (tertiary/aromatic N) is 2. The zero-order valence-electron chi connectivity index (χ0n) is 14.4. The summed E-state index contributed by atoms with van der Waals surface area (Å²) in [6, 6.07) is 9.01. The second-order valence-electron chi connectivity index (χ2n) is 7.11. The molecule has 1 amide bonds. The Bertz CT molecular complexity index is 602. The van der Waals surface area contributed by atoms with Crippen LogP contribution in [-0.4, -0.2) is 55.5 Å². The van der Waals surface area contributed by atoms with Crippen molar-refractivity contribution in [3.05, 3.63) is 29.8 Å². The maximum absolute atomic E-state index is 12.6. The van der Waals surface area contributed by atoms with Gasteiger partial charge >= 0.3 is 0 Å². The molecule has 0 radical (unpaired) electrons. The molecule has 0 N–H and O–H groups in total. The Morgan fingerprint density at radius 1 is 1.21 bits per heavy atom. The van der Waals surface area contributed by atoms with Gasteiger partial charge in [0, 0.05) is 50.6 Å². The highest BCUT2D eigenvalue weighted by Gasteiger charge is 2.40. The van der Waals surface area contributed by atoms with E-state index < -0.39 is 5.79 Å². The fourth-order valence-electron chi connectivity index (χ4n) is 4.23. The number of hydrogen-bond donors (Lipinski definition) is 0. The summed E-state index contributed by atoms with van der Waals surface area (Å²) in [7, 11) is 0. The second-order valence-corrected chi connectivity index (χ2v) is 7.11. The van der Waals surface area contributed by atoms with Crippen LogP contribution < -0.4 is 4.90 Å². The van der Waals surface area contributed by atoms with E-state index in [1.165, 1.54) is 11.3 Å². The molecule has 1 aromatic rings. The van der Waals surface area contributed by atoms with Crippen LogP contribution in [0.4, 0.5) is 5.69 Å². The van der Waals surface area contributed by atoms with Crippen molar-refractivity contribution in [3.63, 3.8) is 0 Å². The number of fused-ring (bicyclic) bond motifs is 1. The lowest BCUT2D eigenvalue weighted by Gasteiger charge is -2.38. The van der Waals surface area contributed by atoms with Crippen molar-refractivity contribution in [2.75, 3.05) is 37.7 Å². The average molecular weight is 330 g/mol. The Morgan fingerprint density at radius 3 is 2.67 bits per heavy atom. The van der Waals surface area contributed by atoms with E-state index >= 15 is 0 Å². The van der Waals surface area contributed by atoms with Gasteiger partial charge < -0.3 is 19.3 Å². The SMILES string of the molecule is CC1Cc2ccccc2N1CCC(=O)N1CCC2(CC1)OCCO2. The maximum atomic E-state index is 12.6. The van der Waals surface area contributed by atoms with Crippen LogP contribution in [0.25, 0.3) is 0 Å². The summed E-state index contributed by atoms with van der Waals surface area (Å²) >= 11 is 0. The Kier molecular flexibility index (Phi) is 4.22. The van der Waals surface area contributed by atoms with E-state index in [0.29, 0.717) is 25.7 Å². The summed E-state index contributed by atoms with van der Waals surface area (Å²) in [6.45, 7) is 5.88. The number of carbonyl (C=O) groups excluding carboxylic acids is 1. The van der Waals surface area contributed by atoms with Crippen LogP contribution in [0.5, 0.6) is 0 Å². The number of benzene rings is 1. The third-order valence-electron chi connectivity index (χ3n) is 5.61. The van der Waals surface area contributed by atoms with Gasteiger partial charge in [0.05, 0.1) is 13.2 Å². The molecule has 3 heterocycles. The summed E-state index contributed by atoms with van der Waals surface area (Å²) in [4.78, 5) is 16.9. The topological polar surface area (TPSA) is 42.0 Å². The first-order valence-electron chi connectivity index (χ1n) is 9.07. The lowest BCUT2D eigenvalue weighted by atomic mass is 10.0. The number of anilines is 1. The molecule has 5 nitrogen and oxygen atoms in total. The first kappa shape index (κ1) is 15.9. The summed E-state index contributed by atoms with van der Waals surface area (Å²) in [5.74, 6) is -0.154. The molecule has 0 aliphatic carbocycles. The third kappa shape index (κ3) is 2.91. The van der Waals surface area contributed by atoms with E-state index in [1.54, 1.807) is 0 Å². The molecule has 3 aliphatic heterocycles. The molecule has 5 heteroatoms. The number of rotatable bonds is 3. The molecule has 0 aromatic heterocycles. The van der Waals surface area contributed by atoms with Crippen LogP contribution in [-0.2, 0) is 20.7 Å². The molecule has 3 aliphatic rings. The molecule has 130 valence electrons. The van der Waals surface area contributed by atoms with Crippen LogP contribution in [0.1, 0.15) is 31.7 Å². The lowest BCUT2D eigenvalue weighted by molar-refractivity contribution is -0.187. The van der Waals surface area contributed by atoms with Gasteiger partial charge in [-0.1, -0.05) is 18.2 Å². The minimum atomic E-state index is -0.404. The molecular weight excluding hydrogens is 304 g/mol. The van der Waals surface area contributed by atoms with Crippen molar-refractivity contribution in [1.29, 1.82) is 0 Å². The van der Waals surface area contributed by atoms with Crippen LogP contribution in [0.2, 0.25) is 0 Å². The predicted molar refractivity (Wildman–Crippen MR) is 92.0 cm³/mol. The van der Waals surface area contributed by atoms with E-state index in [2.05, 4.69) is 36.1 Å². The van der Waals surface area contributed by atoms with Gasteiger partial charge in [-0.25, -0.2) is 0 Å². The maximum Gasteiger partial charge on any atom is 0.224 e. The summed E-state index contributed by atoms with van der Waals surface area (Å²) in [5.41, 5.74) is 2.69. The lowest BCUT2D eigenvalue weighted by Crippen LogP contribution is -2.48. The van der Waals surface area contributed by atoms with E-state index in [1.807, 2.05) is 4.90 Å². The van der Waals surface area contributed by atoms with E-state index in [4.69, 9.17) is 9.47 Å². The van der Waals surface area contributed by atoms with Gasteiger partial charge in [0.1, 0.15) is 0 Å². The molecule has 24 heavy (non-hydrogen) atoms. The van der Waals surface area contributed by atoms with E-state index in [0.717, 1.165) is 38.9 Å². The van der Waals surface area contributed by atoms with Crippen molar-refractivity contribution in [1.82, 2.24) is 4.90 Å². The molecule has 2 saturated heterocycles. The second kappa shape index (κ2) is 6.37. The predicted octanol–water partition coefficient (Wildman–Crippen LogP) is 2.19. The average Bonchev–Trinajstić information content (AvgIpc) is 3.17. The Morgan fingerprint density at radius 2 is 1.92 bits per heavy atom. The van der Waals surface area contributed by atoms with E-state index in [9.17, 15) is 4.79 Å². The van der Waals surface area contributed by atoms with Crippen LogP contribution >= 0.6 is 0 Å². The number of carbonyl (C=O) groups is 1. The molecule has 0 saturated carbocycles. The molecule has 0 bridgehead atoms.